The van der Waals surface area contributed by atoms with Crippen molar-refractivity contribution in [2.24, 2.45) is 17.9 Å². The summed E-state index contributed by atoms with van der Waals surface area (Å²) in [5.74, 6) is -0.157. The van der Waals surface area contributed by atoms with Crippen LogP contribution >= 0.6 is 0 Å². The molecule has 1 aromatic heterocycles. The lowest BCUT2D eigenvalue weighted by atomic mass is 9.93. The van der Waals surface area contributed by atoms with E-state index in [0.29, 0.717) is 24.2 Å². The average molecular weight is 317 g/mol. The highest BCUT2D eigenvalue weighted by atomic mass is 32.2. The van der Waals surface area contributed by atoms with Crippen LogP contribution in [0.1, 0.15) is 38.1 Å². The molecule has 0 saturated heterocycles. The van der Waals surface area contributed by atoms with E-state index in [1.165, 1.54) is 4.68 Å². The molecule has 1 rings (SSSR count). The lowest BCUT2D eigenvalue weighted by Gasteiger charge is -2.30. The Balaban J connectivity index is 3.38. The van der Waals surface area contributed by atoms with Crippen LogP contribution in [-0.2, 0) is 17.1 Å². The van der Waals surface area contributed by atoms with E-state index in [0.717, 1.165) is 0 Å². The second kappa shape index (κ2) is 6.02. The molecule has 0 aliphatic rings. The second-order valence-electron chi connectivity index (χ2n) is 5.00. The summed E-state index contributed by atoms with van der Waals surface area (Å²) < 4.78 is 29.4. The molecular formula is C12H23N5O3S. The van der Waals surface area contributed by atoms with Gasteiger partial charge in [-0.2, -0.15) is 9.82 Å². The highest BCUT2D eigenvalue weighted by Gasteiger charge is 2.38. The summed E-state index contributed by atoms with van der Waals surface area (Å²) in [7, 11) is -2.16. The first kappa shape index (κ1) is 17.4. The molecule has 1 heterocycles. The van der Waals surface area contributed by atoms with Crippen molar-refractivity contribution in [3.63, 3.8) is 0 Å². The number of rotatable bonds is 6. The minimum Gasteiger partial charge on any atom is -0.409 e. The largest absolute Gasteiger partial charge is 0.409 e. The van der Waals surface area contributed by atoms with Gasteiger partial charge in [-0.1, -0.05) is 19.0 Å². The van der Waals surface area contributed by atoms with Gasteiger partial charge in [-0.15, -0.1) is 0 Å². The van der Waals surface area contributed by atoms with E-state index >= 15 is 0 Å². The molecule has 0 bridgehead atoms. The molecule has 0 aliphatic heterocycles. The van der Waals surface area contributed by atoms with Crippen LogP contribution in [0.5, 0.6) is 0 Å². The summed E-state index contributed by atoms with van der Waals surface area (Å²) in [5, 5.41) is 16.0. The number of nitrogens with two attached hydrogens (primary N) is 1. The van der Waals surface area contributed by atoms with Crippen LogP contribution in [0.2, 0.25) is 0 Å². The van der Waals surface area contributed by atoms with Gasteiger partial charge in [-0.05, 0) is 26.7 Å². The van der Waals surface area contributed by atoms with Gasteiger partial charge in [0.1, 0.15) is 4.90 Å². The molecule has 4 N–H and O–H groups in total. The molecular weight excluding hydrogens is 294 g/mol. The smallest absolute Gasteiger partial charge is 0.245 e. The first-order valence-corrected chi connectivity index (χ1v) is 8.15. The van der Waals surface area contributed by atoms with Crippen molar-refractivity contribution in [2.45, 2.75) is 51.0 Å². The summed E-state index contributed by atoms with van der Waals surface area (Å²) >= 11 is 0. The molecule has 0 spiro atoms. The fourth-order valence-corrected chi connectivity index (χ4v) is 4.32. The molecule has 0 saturated carbocycles. The Morgan fingerprint density at radius 3 is 2.29 bits per heavy atom. The Bertz CT molecular complexity index is 644. The number of nitrogens with zero attached hydrogens (tertiary/aromatic N) is 3. The molecule has 120 valence electrons. The highest BCUT2D eigenvalue weighted by Crippen LogP contribution is 2.24. The number of hydrogen-bond acceptors (Lipinski definition) is 5. The van der Waals surface area contributed by atoms with E-state index in [1.807, 2.05) is 0 Å². The van der Waals surface area contributed by atoms with Crippen LogP contribution in [0.3, 0.4) is 0 Å². The maximum atomic E-state index is 12.7. The van der Waals surface area contributed by atoms with Crippen molar-refractivity contribution in [2.75, 3.05) is 0 Å². The maximum absolute atomic E-state index is 12.7. The Kier molecular flexibility index (Phi) is 5.00. The Morgan fingerprint density at radius 2 is 1.95 bits per heavy atom. The minimum absolute atomic E-state index is 0.127. The second-order valence-corrected chi connectivity index (χ2v) is 6.62. The zero-order chi connectivity index (χ0) is 16.4. The number of oxime groups is 1. The molecule has 0 atom stereocenters. The number of aromatic nitrogens is 2. The van der Waals surface area contributed by atoms with Gasteiger partial charge < -0.3 is 10.9 Å². The SMILES string of the molecule is CCC(CC)(NS(=O)(=O)c1c(C)nn(C)c1C)C(N)=NO. The highest BCUT2D eigenvalue weighted by molar-refractivity contribution is 7.89. The summed E-state index contributed by atoms with van der Waals surface area (Å²) in [4.78, 5) is 0.127. The van der Waals surface area contributed by atoms with Crippen molar-refractivity contribution in [3.05, 3.63) is 11.4 Å². The van der Waals surface area contributed by atoms with Gasteiger partial charge in [0.25, 0.3) is 0 Å². The molecule has 0 fully saturated rings. The van der Waals surface area contributed by atoms with Crippen molar-refractivity contribution < 1.29 is 13.6 Å². The van der Waals surface area contributed by atoms with Crippen molar-refractivity contribution in [1.82, 2.24) is 14.5 Å². The molecule has 21 heavy (non-hydrogen) atoms. The zero-order valence-electron chi connectivity index (χ0n) is 13.0. The van der Waals surface area contributed by atoms with E-state index in [-0.39, 0.29) is 10.7 Å². The van der Waals surface area contributed by atoms with Crippen LogP contribution in [0.15, 0.2) is 10.1 Å². The summed E-state index contributed by atoms with van der Waals surface area (Å²) in [6, 6.07) is 0. The number of aryl methyl sites for hydroxylation is 2. The van der Waals surface area contributed by atoms with Gasteiger partial charge in [-0.3, -0.25) is 4.68 Å². The van der Waals surface area contributed by atoms with Gasteiger partial charge in [0, 0.05) is 7.05 Å². The molecule has 0 amide bonds. The normalized spacial score (nSPS) is 13.7. The van der Waals surface area contributed by atoms with Crippen LogP contribution in [0.25, 0.3) is 0 Å². The van der Waals surface area contributed by atoms with Gasteiger partial charge >= 0.3 is 0 Å². The van der Waals surface area contributed by atoms with Gasteiger partial charge in [0.05, 0.1) is 16.9 Å². The topological polar surface area (TPSA) is 123 Å². The summed E-state index contributed by atoms with van der Waals surface area (Å²) in [6.07, 6.45) is 0.716. The number of amidine groups is 1. The minimum atomic E-state index is -3.84. The number of nitrogens with one attached hydrogen (secondary N) is 1. The molecule has 1 aromatic rings. The van der Waals surface area contributed by atoms with Crippen molar-refractivity contribution in [3.8, 4) is 0 Å². The Hall–Kier alpha value is -1.61. The first-order chi connectivity index (χ1) is 9.65. The number of hydrogen-bond donors (Lipinski definition) is 3. The fraction of sp³-hybridized carbons (Fsp3) is 0.667. The third-order valence-corrected chi connectivity index (χ3v) is 5.63. The lowest BCUT2D eigenvalue weighted by molar-refractivity contribution is 0.307. The molecule has 0 radical (unpaired) electrons. The van der Waals surface area contributed by atoms with E-state index < -0.39 is 15.6 Å². The first-order valence-electron chi connectivity index (χ1n) is 6.67. The van der Waals surface area contributed by atoms with E-state index in [4.69, 9.17) is 10.9 Å². The van der Waals surface area contributed by atoms with Crippen LogP contribution in [-0.4, -0.2) is 34.8 Å². The average Bonchev–Trinajstić information content (AvgIpc) is 2.69. The molecule has 0 unspecified atom stereocenters. The van der Waals surface area contributed by atoms with E-state index in [1.54, 1.807) is 34.7 Å². The fourth-order valence-electron chi connectivity index (χ4n) is 2.36. The third-order valence-electron chi connectivity index (χ3n) is 3.85. The summed E-state index contributed by atoms with van der Waals surface area (Å²) in [5.41, 5.74) is 5.50. The van der Waals surface area contributed by atoms with E-state index in [9.17, 15) is 8.42 Å². The van der Waals surface area contributed by atoms with Crippen molar-refractivity contribution >= 4 is 15.9 Å². The van der Waals surface area contributed by atoms with Crippen LogP contribution in [0, 0.1) is 13.8 Å². The third kappa shape index (κ3) is 3.03. The molecule has 0 aliphatic carbocycles. The molecule has 8 nitrogen and oxygen atoms in total. The van der Waals surface area contributed by atoms with Crippen molar-refractivity contribution in [1.29, 1.82) is 0 Å². The Labute approximate surface area is 125 Å². The number of sulfonamides is 1. The Morgan fingerprint density at radius 1 is 1.43 bits per heavy atom. The molecule has 9 heteroatoms. The van der Waals surface area contributed by atoms with Crippen LogP contribution < -0.4 is 10.5 Å². The van der Waals surface area contributed by atoms with Gasteiger partial charge in [0.2, 0.25) is 10.0 Å². The van der Waals surface area contributed by atoms with Crippen LogP contribution in [0.4, 0.5) is 0 Å². The van der Waals surface area contributed by atoms with Gasteiger partial charge in [0.15, 0.2) is 5.84 Å². The standard InChI is InChI=1S/C12H23N5O3S/c1-6-12(7-2,11(13)15-18)16-21(19,20)10-8(3)14-17(5)9(10)4/h16,18H,6-7H2,1-5H3,(H2,13,15). The predicted molar refractivity (Wildman–Crippen MR) is 79.7 cm³/mol. The lowest BCUT2D eigenvalue weighted by Crippen LogP contribution is -2.56. The predicted octanol–water partition coefficient (Wildman–Crippen LogP) is 0.620. The quantitative estimate of drug-likeness (QED) is 0.307. The zero-order valence-corrected chi connectivity index (χ0v) is 13.8. The summed E-state index contributed by atoms with van der Waals surface area (Å²) in [6.45, 7) is 6.85. The van der Waals surface area contributed by atoms with E-state index in [2.05, 4.69) is 15.0 Å². The maximum Gasteiger partial charge on any atom is 0.245 e. The van der Waals surface area contributed by atoms with Gasteiger partial charge in [-0.25, -0.2) is 8.42 Å². The monoisotopic (exact) mass is 317 g/mol. The molecule has 0 aromatic carbocycles.